The predicted octanol–water partition coefficient (Wildman–Crippen LogP) is 3.58. The Kier molecular flexibility index (Phi) is 1.30. The van der Waals surface area contributed by atoms with E-state index in [1.54, 1.807) is 0 Å². The van der Waals surface area contributed by atoms with E-state index in [1.807, 2.05) is 0 Å². The van der Waals surface area contributed by atoms with Crippen molar-refractivity contribution in [2.45, 2.75) is 50.3 Å². The van der Waals surface area contributed by atoms with Crippen LogP contribution in [0.4, 0.5) is 0 Å². The molecule has 4 aliphatic carbocycles. The lowest BCUT2D eigenvalue weighted by Gasteiger charge is -2.59. The van der Waals surface area contributed by atoms with Crippen molar-refractivity contribution in [3.8, 4) is 0 Å². The molecule has 4 aliphatic rings. The van der Waals surface area contributed by atoms with Crippen molar-refractivity contribution in [2.75, 3.05) is 0 Å². The van der Waals surface area contributed by atoms with E-state index < -0.39 is 0 Å². The van der Waals surface area contributed by atoms with Crippen molar-refractivity contribution in [3.63, 3.8) is 0 Å². The summed E-state index contributed by atoms with van der Waals surface area (Å²) in [5.74, 6) is 1.96. The quantitative estimate of drug-likeness (QED) is 0.505. The largest absolute Gasteiger partial charge is 0.119 e. The van der Waals surface area contributed by atoms with Gasteiger partial charge in [-0.3, -0.25) is 0 Å². The van der Waals surface area contributed by atoms with Gasteiger partial charge in [0.2, 0.25) is 0 Å². The third kappa shape index (κ3) is 0.968. The predicted molar refractivity (Wildman–Crippen MR) is 51.4 cm³/mol. The van der Waals surface area contributed by atoms with Gasteiger partial charge in [-0.25, -0.2) is 0 Å². The highest BCUT2D eigenvalue weighted by atomic mass is 35.5. The maximum atomic E-state index is 6.62. The first-order valence-electron chi connectivity index (χ1n) is 5.26. The Bertz CT molecular complexity index is 187. The van der Waals surface area contributed by atoms with Crippen LogP contribution >= 0.6 is 11.6 Å². The second-order valence-electron chi connectivity index (χ2n) is 5.92. The molecule has 0 amide bonds. The molecule has 4 fully saturated rings. The first kappa shape index (κ1) is 7.67. The van der Waals surface area contributed by atoms with Gasteiger partial charge < -0.3 is 0 Å². The molecule has 0 saturated heterocycles. The summed E-state index contributed by atoms with van der Waals surface area (Å²) in [4.78, 5) is 0.235. The highest BCUT2D eigenvalue weighted by Crippen LogP contribution is 2.63. The van der Waals surface area contributed by atoms with Crippen molar-refractivity contribution in [1.82, 2.24) is 0 Å². The fourth-order valence-electron chi connectivity index (χ4n) is 4.60. The molecule has 0 nitrogen and oxygen atoms in total. The Labute approximate surface area is 79.7 Å². The van der Waals surface area contributed by atoms with Crippen LogP contribution in [0, 0.1) is 17.3 Å². The molecule has 0 aliphatic heterocycles. The Morgan fingerprint density at radius 3 is 2.08 bits per heavy atom. The van der Waals surface area contributed by atoms with E-state index in [-0.39, 0.29) is 4.87 Å². The van der Waals surface area contributed by atoms with Crippen molar-refractivity contribution in [1.29, 1.82) is 0 Å². The molecule has 4 bridgehead atoms. The first-order valence-corrected chi connectivity index (χ1v) is 5.64. The summed E-state index contributed by atoms with van der Waals surface area (Å²) >= 11 is 6.62. The minimum Gasteiger partial charge on any atom is -0.119 e. The molecule has 1 heteroatoms. The van der Waals surface area contributed by atoms with Gasteiger partial charge in [-0.1, -0.05) is 6.92 Å². The lowest BCUT2D eigenvalue weighted by atomic mass is 9.50. The van der Waals surface area contributed by atoms with Gasteiger partial charge in [0.05, 0.1) is 0 Å². The molecule has 12 heavy (non-hydrogen) atoms. The molecule has 3 unspecified atom stereocenters. The maximum Gasteiger partial charge on any atom is 0.0457 e. The van der Waals surface area contributed by atoms with Gasteiger partial charge in [-0.2, -0.15) is 0 Å². The number of alkyl halides is 1. The number of hydrogen-bond acceptors (Lipinski definition) is 0. The smallest absolute Gasteiger partial charge is 0.0457 e. The minimum atomic E-state index is 0.235. The number of halogens is 1. The molecule has 0 heterocycles. The molecule has 4 rings (SSSR count). The van der Waals surface area contributed by atoms with Crippen LogP contribution in [-0.2, 0) is 0 Å². The second kappa shape index (κ2) is 2.03. The highest BCUT2D eigenvalue weighted by Gasteiger charge is 2.54. The molecule has 0 aromatic carbocycles. The van der Waals surface area contributed by atoms with E-state index in [0.29, 0.717) is 5.41 Å². The zero-order valence-electron chi connectivity index (χ0n) is 7.78. The van der Waals surface area contributed by atoms with Crippen LogP contribution < -0.4 is 0 Å². The van der Waals surface area contributed by atoms with Crippen LogP contribution in [0.15, 0.2) is 0 Å². The van der Waals surface area contributed by atoms with Crippen LogP contribution in [0.25, 0.3) is 0 Å². The lowest BCUT2D eigenvalue weighted by molar-refractivity contribution is -0.0280. The molecular formula is C11H17Cl. The fourth-order valence-corrected chi connectivity index (χ4v) is 5.36. The molecule has 0 aromatic heterocycles. The van der Waals surface area contributed by atoms with Gasteiger partial charge in [-0.05, 0) is 55.8 Å². The van der Waals surface area contributed by atoms with Crippen molar-refractivity contribution in [2.24, 2.45) is 17.3 Å². The van der Waals surface area contributed by atoms with Gasteiger partial charge in [0.1, 0.15) is 0 Å². The molecule has 4 atom stereocenters. The molecule has 0 radical (unpaired) electrons. The normalized spacial score (nSPS) is 62.5. The Morgan fingerprint density at radius 1 is 1.08 bits per heavy atom. The van der Waals surface area contributed by atoms with Crippen LogP contribution in [0.2, 0.25) is 0 Å². The standard InChI is InChI=1S/C11H17Cl/c1-10-3-8-2-9(4-10)6-11(12,5-8)7-10/h8-9H,2-7H2,1H3/t8-,9?,10?,11?/m1/s1. The summed E-state index contributed by atoms with van der Waals surface area (Å²) in [6.07, 6.45) is 8.37. The summed E-state index contributed by atoms with van der Waals surface area (Å²) < 4.78 is 0. The minimum absolute atomic E-state index is 0.235. The Hall–Kier alpha value is 0.290. The Balaban J connectivity index is 1.98. The second-order valence-corrected chi connectivity index (χ2v) is 6.72. The topological polar surface area (TPSA) is 0 Å². The van der Waals surface area contributed by atoms with Gasteiger partial charge in [0, 0.05) is 4.87 Å². The van der Waals surface area contributed by atoms with Gasteiger partial charge >= 0.3 is 0 Å². The van der Waals surface area contributed by atoms with E-state index in [0.717, 1.165) is 11.8 Å². The van der Waals surface area contributed by atoms with Crippen LogP contribution in [0.3, 0.4) is 0 Å². The summed E-state index contributed by atoms with van der Waals surface area (Å²) in [6, 6.07) is 0. The molecule has 4 saturated carbocycles. The SMILES string of the molecule is CC12CC3C[C@H](C1)CC(Cl)(C3)C2. The van der Waals surface area contributed by atoms with Gasteiger partial charge in [-0.15, -0.1) is 11.6 Å². The zero-order chi connectivity index (χ0) is 8.40. The third-order valence-corrected chi connectivity index (χ3v) is 4.72. The van der Waals surface area contributed by atoms with Crippen molar-refractivity contribution < 1.29 is 0 Å². The molecule has 0 aromatic rings. The van der Waals surface area contributed by atoms with E-state index in [4.69, 9.17) is 11.6 Å². The van der Waals surface area contributed by atoms with E-state index in [9.17, 15) is 0 Å². The summed E-state index contributed by atoms with van der Waals surface area (Å²) in [5.41, 5.74) is 0.631. The van der Waals surface area contributed by atoms with Crippen LogP contribution in [0.1, 0.15) is 45.4 Å². The number of rotatable bonds is 0. The third-order valence-electron chi connectivity index (χ3n) is 4.28. The lowest BCUT2D eigenvalue weighted by Crippen LogP contribution is -2.51. The molecular weight excluding hydrogens is 168 g/mol. The molecule has 0 spiro atoms. The average Bonchev–Trinajstić information content (AvgIpc) is 1.75. The fraction of sp³-hybridized carbons (Fsp3) is 1.00. The van der Waals surface area contributed by atoms with E-state index in [1.165, 1.54) is 38.5 Å². The zero-order valence-corrected chi connectivity index (χ0v) is 8.53. The summed E-state index contributed by atoms with van der Waals surface area (Å²) in [7, 11) is 0. The first-order chi connectivity index (χ1) is 5.57. The van der Waals surface area contributed by atoms with E-state index in [2.05, 4.69) is 6.92 Å². The van der Waals surface area contributed by atoms with Crippen LogP contribution in [0.5, 0.6) is 0 Å². The Morgan fingerprint density at radius 2 is 1.67 bits per heavy atom. The van der Waals surface area contributed by atoms with Crippen molar-refractivity contribution in [3.05, 3.63) is 0 Å². The van der Waals surface area contributed by atoms with Crippen LogP contribution in [-0.4, -0.2) is 4.87 Å². The van der Waals surface area contributed by atoms with E-state index >= 15 is 0 Å². The van der Waals surface area contributed by atoms with Gasteiger partial charge in [0.25, 0.3) is 0 Å². The van der Waals surface area contributed by atoms with Crippen molar-refractivity contribution >= 4 is 11.6 Å². The monoisotopic (exact) mass is 184 g/mol. The summed E-state index contributed by atoms with van der Waals surface area (Å²) in [6.45, 7) is 2.46. The molecule has 68 valence electrons. The summed E-state index contributed by atoms with van der Waals surface area (Å²) in [5, 5.41) is 0. The molecule has 0 N–H and O–H groups in total. The average molecular weight is 185 g/mol. The van der Waals surface area contributed by atoms with Gasteiger partial charge in [0.15, 0.2) is 0 Å². The number of hydrogen-bond donors (Lipinski definition) is 0. The highest BCUT2D eigenvalue weighted by molar-refractivity contribution is 6.24. The maximum absolute atomic E-state index is 6.62.